The molecule has 36 heavy (non-hydrogen) atoms. The fourth-order valence-electron chi connectivity index (χ4n) is 4.22. The largest absolute Gasteiger partial charge is 0.439 e. The zero-order valence-corrected chi connectivity index (χ0v) is 21.3. The van der Waals surface area contributed by atoms with Gasteiger partial charge in [-0.15, -0.1) is 0 Å². The molecule has 0 spiro atoms. The zero-order chi connectivity index (χ0) is 25.3. The van der Waals surface area contributed by atoms with Gasteiger partial charge in [0.15, 0.2) is 0 Å². The van der Waals surface area contributed by atoms with Crippen molar-refractivity contribution < 1.29 is 14.6 Å². The fraction of sp³-hybridized carbons (Fsp3) is 0.300. The SMILES string of the molecule is CCOCC(O)CN(Cc1ccccc1)Cc1c(-c2ccccc2)nn(C)c1Oc1ccc(C)cc1. The predicted octanol–water partition coefficient (Wildman–Crippen LogP) is 5.59. The maximum atomic E-state index is 10.7. The van der Waals surface area contributed by atoms with Gasteiger partial charge in [0.05, 0.1) is 18.3 Å². The molecule has 0 fully saturated rings. The van der Waals surface area contributed by atoms with Crippen molar-refractivity contribution in [3.8, 4) is 22.9 Å². The van der Waals surface area contributed by atoms with Crippen LogP contribution in [0.5, 0.6) is 11.6 Å². The molecule has 0 radical (unpaired) electrons. The van der Waals surface area contributed by atoms with E-state index in [1.165, 1.54) is 11.1 Å². The Labute approximate surface area is 213 Å². The van der Waals surface area contributed by atoms with E-state index >= 15 is 0 Å². The van der Waals surface area contributed by atoms with Crippen molar-refractivity contribution in [3.05, 3.63) is 102 Å². The molecule has 6 nitrogen and oxygen atoms in total. The minimum Gasteiger partial charge on any atom is -0.439 e. The molecule has 0 aliphatic rings. The van der Waals surface area contributed by atoms with Gasteiger partial charge in [0.2, 0.25) is 5.88 Å². The number of aryl methyl sites for hydroxylation is 2. The molecule has 1 unspecified atom stereocenters. The van der Waals surface area contributed by atoms with E-state index in [2.05, 4.69) is 36.1 Å². The van der Waals surface area contributed by atoms with Gasteiger partial charge in [-0.05, 0) is 31.5 Å². The van der Waals surface area contributed by atoms with Gasteiger partial charge < -0.3 is 14.6 Å². The zero-order valence-electron chi connectivity index (χ0n) is 21.3. The Morgan fingerprint density at radius 2 is 1.58 bits per heavy atom. The van der Waals surface area contributed by atoms with Crippen LogP contribution in [0.3, 0.4) is 0 Å². The maximum Gasteiger partial charge on any atom is 0.222 e. The summed E-state index contributed by atoms with van der Waals surface area (Å²) in [5.41, 5.74) is 5.22. The van der Waals surface area contributed by atoms with Crippen molar-refractivity contribution in [2.75, 3.05) is 19.8 Å². The molecule has 3 aromatic carbocycles. The topological polar surface area (TPSA) is 59.8 Å². The predicted molar refractivity (Wildman–Crippen MR) is 143 cm³/mol. The summed E-state index contributed by atoms with van der Waals surface area (Å²) in [4.78, 5) is 2.23. The maximum absolute atomic E-state index is 10.7. The lowest BCUT2D eigenvalue weighted by molar-refractivity contribution is 0.0179. The summed E-state index contributed by atoms with van der Waals surface area (Å²) in [5, 5.41) is 15.6. The molecule has 1 heterocycles. The molecule has 1 aromatic heterocycles. The fourth-order valence-corrected chi connectivity index (χ4v) is 4.22. The molecular weight excluding hydrogens is 450 g/mol. The quantitative estimate of drug-likeness (QED) is 0.284. The second-order valence-electron chi connectivity index (χ2n) is 9.01. The highest BCUT2D eigenvalue weighted by atomic mass is 16.5. The summed E-state index contributed by atoms with van der Waals surface area (Å²) in [6.07, 6.45) is -0.605. The highest BCUT2D eigenvalue weighted by Crippen LogP contribution is 2.34. The van der Waals surface area contributed by atoms with Gasteiger partial charge in [-0.3, -0.25) is 4.90 Å². The Hall–Kier alpha value is -3.45. The Balaban J connectivity index is 1.70. The average molecular weight is 486 g/mol. The molecule has 0 aliphatic carbocycles. The third kappa shape index (κ3) is 6.82. The van der Waals surface area contributed by atoms with Crippen LogP contribution in [0.4, 0.5) is 0 Å². The van der Waals surface area contributed by atoms with Crippen LogP contribution in [0.25, 0.3) is 11.3 Å². The van der Waals surface area contributed by atoms with Crippen molar-refractivity contribution in [2.24, 2.45) is 7.05 Å². The van der Waals surface area contributed by atoms with Gasteiger partial charge in [-0.2, -0.15) is 5.10 Å². The van der Waals surface area contributed by atoms with Gasteiger partial charge in [0.25, 0.3) is 0 Å². The van der Waals surface area contributed by atoms with Gasteiger partial charge in [-0.1, -0.05) is 78.4 Å². The Bertz CT molecular complexity index is 1210. The van der Waals surface area contributed by atoms with Gasteiger partial charge >= 0.3 is 0 Å². The van der Waals surface area contributed by atoms with Crippen LogP contribution >= 0.6 is 0 Å². The molecule has 1 atom stereocenters. The van der Waals surface area contributed by atoms with E-state index in [9.17, 15) is 5.11 Å². The van der Waals surface area contributed by atoms with Crippen molar-refractivity contribution >= 4 is 0 Å². The summed E-state index contributed by atoms with van der Waals surface area (Å²) >= 11 is 0. The normalized spacial score (nSPS) is 12.1. The third-order valence-corrected chi connectivity index (χ3v) is 5.98. The van der Waals surface area contributed by atoms with Crippen molar-refractivity contribution in [3.63, 3.8) is 0 Å². The second kappa shape index (κ2) is 12.5. The van der Waals surface area contributed by atoms with E-state index < -0.39 is 6.10 Å². The van der Waals surface area contributed by atoms with Crippen LogP contribution < -0.4 is 4.74 Å². The van der Waals surface area contributed by atoms with E-state index in [1.807, 2.05) is 74.6 Å². The smallest absolute Gasteiger partial charge is 0.222 e. The van der Waals surface area contributed by atoms with Crippen molar-refractivity contribution in [1.29, 1.82) is 0 Å². The van der Waals surface area contributed by atoms with Gasteiger partial charge in [0, 0.05) is 38.9 Å². The Morgan fingerprint density at radius 1 is 0.917 bits per heavy atom. The number of rotatable bonds is 12. The first-order valence-electron chi connectivity index (χ1n) is 12.4. The van der Waals surface area contributed by atoms with Crippen LogP contribution in [0, 0.1) is 6.92 Å². The van der Waals surface area contributed by atoms with Crippen LogP contribution in [-0.4, -0.2) is 45.6 Å². The molecule has 0 saturated heterocycles. The summed E-state index contributed by atoms with van der Waals surface area (Å²) in [6.45, 7) is 6.56. The molecule has 6 heteroatoms. The van der Waals surface area contributed by atoms with Crippen LogP contribution in [0.2, 0.25) is 0 Å². The molecular formula is C30H35N3O3. The van der Waals surface area contributed by atoms with Gasteiger partial charge in [-0.25, -0.2) is 4.68 Å². The molecule has 0 amide bonds. The molecule has 0 bridgehead atoms. The Kier molecular flexibility index (Phi) is 8.90. The number of aliphatic hydroxyl groups is 1. The number of nitrogens with zero attached hydrogens (tertiary/aromatic N) is 3. The van der Waals surface area contributed by atoms with Crippen molar-refractivity contribution in [1.82, 2.24) is 14.7 Å². The first-order chi connectivity index (χ1) is 17.5. The molecule has 188 valence electrons. The molecule has 4 aromatic rings. The minimum atomic E-state index is -0.605. The van der Waals surface area contributed by atoms with Crippen LogP contribution in [-0.2, 0) is 24.9 Å². The highest BCUT2D eigenvalue weighted by Gasteiger charge is 2.23. The van der Waals surface area contributed by atoms with E-state index in [0.717, 1.165) is 22.6 Å². The lowest BCUT2D eigenvalue weighted by Gasteiger charge is -2.26. The highest BCUT2D eigenvalue weighted by molar-refractivity contribution is 5.65. The Morgan fingerprint density at radius 3 is 2.25 bits per heavy atom. The summed E-state index contributed by atoms with van der Waals surface area (Å²) in [5.74, 6) is 1.45. The van der Waals surface area contributed by atoms with Crippen LogP contribution in [0.1, 0.15) is 23.6 Å². The standard InChI is InChI=1S/C30H35N3O3/c1-4-35-22-26(34)20-33(19-24-11-7-5-8-12-24)21-28-29(25-13-9-6-10-14-25)31-32(3)30(28)36-27-17-15-23(2)16-18-27/h5-18,26,34H,4,19-22H2,1-3H3. The van der Waals surface area contributed by atoms with E-state index in [-0.39, 0.29) is 0 Å². The van der Waals surface area contributed by atoms with E-state index in [1.54, 1.807) is 4.68 Å². The summed E-state index contributed by atoms with van der Waals surface area (Å²) in [6, 6.07) is 28.5. The summed E-state index contributed by atoms with van der Waals surface area (Å²) < 4.78 is 13.7. The number of aliphatic hydroxyl groups excluding tert-OH is 1. The number of hydrogen-bond acceptors (Lipinski definition) is 5. The minimum absolute atomic E-state index is 0.299. The lowest BCUT2D eigenvalue weighted by atomic mass is 10.1. The summed E-state index contributed by atoms with van der Waals surface area (Å²) in [7, 11) is 1.91. The van der Waals surface area contributed by atoms with Crippen molar-refractivity contribution in [2.45, 2.75) is 33.0 Å². The molecule has 0 saturated carbocycles. The molecule has 1 N–H and O–H groups in total. The van der Waals surface area contributed by atoms with E-state index in [4.69, 9.17) is 14.6 Å². The second-order valence-corrected chi connectivity index (χ2v) is 9.01. The molecule has 0 aliphatic heterocycles. The third-order valence-electron chi connectivity index (χ3n) is 5.98. The average Bonchev–Trinajstić information content (AvgIpc) is 3.19. The van der Waals surface area contributed by atoms with E-state index in [0.29, 0.717) is 38.7 Å². The monoisotopic (exact) mass is 485 g/mol. The number of aromatic nitrogens is 2. The number of hydrogen-bond donors (Lipinski definition) is 1. The first-order valence-corrected chi connectivity index (χ1v) is 12.4. The number of benzene rings is 3. The first kappa shape index (κ1) is 25.6. The lowest BCUT2D eigenvalue weighted by Crippen LogP contribution is -2.34. The van der Waals surface area contributed by atoms with Crippen LogP contribution in [0.15, 0.2) is 84.9 Å². The number of ether oxygens (including phenoxy) is 2. The molecule has 4 rings (SSSR count). The van der Waals surface area contributed by atoms with Gasteiger partial charge in [0.1, 0.15) is 11.4 Å².